The second-order valence-corrected chi connectivity index (χ2v) is 24.9. The molecule has 5 aromatic carbocycles. The van der Waals surface area contributed by atoms with Crippen molar-refractivity contribution in [2.75, 3.05) is 70.1 Å². The molecule has 2 unspecified atom stereocenters. The van der Waals surface area contributed by atoms with Gasteiger partial charge in [-0.05, 0) is 137 Å². The number of nitrogens with one attached hydrogen (secondary N) is 4. The van der Waals surface area contributed by atoms with E-state index in [0.717, 1.165) is 101 Å². The fourth-order valence-corrected chi connectivity index (χ4v) is 13.3. The molecule has 5 aromatic rings. The minimum Gasteiger partial charge on any atom is -0.748 e. The molecule has 0 saturated carbocycles. The van der Waals surface area contributed by atoms with Crippen molar-refractivity contribution in [2.45, 2.75) is 117 Å². The Bertz CT molecular complexity index is 3960. The van der Waals surface area contributed by atoms with E-state index in [4.69, 9.17) is 13.8 Å². The van der Waals surface area contributed by atoms with E-state index in [1.807, 2.05) is 116 Å². The van der Waals surface area contributed by atoms with Crippen LogP contribution in [0.15, 0.2) is 126 Å². The molecule has 0 bridgehead atoms. The molecule has 21 heteroatoms. The lowest BCUT2D eigenvalue weighted by Gasteiger charge is -2.28. The van der Waals surface area contributed by atoms with Gasteiger partial charge in [-0.15, -0.1) is 0 Å². The smallest absolute Gasteiger partial charge is 0.328 e. The van der Waals surface area contributed by atoms with Crippen LogP contribution in [0.25, 0.3) is 33.4 Å². The molecule has 1 fully saturated rings. The molecular weight excluding hydrogens is 1190 g/mol. The number of rotatable bonds is 30. The van der Waals surface area contributed by atoms with Crippen LogP contribution in [0.4, 0.5) is 5.69 Å². The van der Waals surface area contributed by atoms with Crippen molar-refractivity contribution in [2.24, 2.45) is 0 Å². The lowest BCUT2D eigenvalue weighted by Crippen LogP contribution is -2.55. The van der Waals surface area contributed by atoms with Crippen LogP contribution in [0, 0.1) is 0 Å². The van der Waals surface area contributed by atoms with Gasteiger partial charge in [0.1, 0.15) is 42.3 Å². The highest BCUT2D eigenvalue weighted by Crippen LogP contribution is 2.43. The largest absolute Gasteiger partial charge is 0.748 e. The maximum Gasteiger partial charge on any atom is 0.328 e. The molecule has 5 amide bonds. The Morgan fingerprint density at radius 2 is 1.48 bits per heavy atom. The van der Waals surface area contributed by atoms with Crippen LogP contribution in [-0.2, 0) is 48.6 Å². The van der Waals surface area contributed by atoms with Crippen LogP contribution in [0.3, 0.4) is 0 Å². The molecule has 4 N–H and O–H groups in total. The minimum atomic E-state index is -5.01. The van der Waals surface area contributed by atoms with Gasteiger partial charge in [-0.1, -0.05) is 86.0 Å². The van der Waals surface area contributed by atoms with Crippen molar-refractivity contribution < 1.29 is 55.5 Å². The maximum absolute atomic E-state index is 14.9. The van der Waals surface area contributed by atoms with Gasteiger partial charge in [-0.2, -0.15) is 0 Å². The average molecular weight is 1270 g/mol. The number of amides is 5. The molecule has 2 atom stereocenters. The number of carbonyl (C=O) groups is 6. The third-order valence-corrected chi connectivity index (χ3v) is 18.3. The molecule has 19 nitrogen and oxygen atoms in total. The van der Waals surface area contributed by atoms with Gasteiger partial charge >= 0.3 is 6.92 Å². The molecule has 3 aliphatic heterocycles. The Kier molecular flexibility index (Phi) is 23.3. The van der Waals surface area contributed by atoms with E-state index in [2.05, 4.69) is 58.4 Å². The van der Waals surface area contributed by atoms with Crippen LogP contribution >= 0.6 is 0 Å². The second kappa shape index (κ2) is 31.6. The number of ether oxygens (including phenoxy) is 1. The van der Waals surface area contributed by atoms with Crippen LogP contribution in [0.2, 0.25) is 6.82 Å². The first kappa shape index (κ1) is 67.7. The van der Waals surface area contributed by atoms with E-state index in [1.165, 1.54) is 4.90 Å². The van der Waals surface area contributed by atoms with Crippen LogP contribution in [0.5, 0.6) is 5.75 Å². The summed E-state index contributed by atoms with van der Waals surface area (Å²) in [5.74, 6) is -2.42. The van der Waals surface area contributed by atoms with Gasteiger partial charge in [-0.25, -0.2) is 13.0 Å². The number of benzene rings is 6. The first-order valence-electron chi connectivity index (χ1n) is 32.3. The second-order valence-electron chi connectivity index (χ2n) is 23.4. The number of methoxy groups -OCH3 is 1. The predicted molar refractivity (Wildman–Crippen MR) is 358 cm³/mol. The number of hydrogen-bond donors (Lipinski definition) is 4. The van der Waals surface area contributed by atoms with Gasteiger partial charge in [0.05, 0.1) is 35.7 Å². The number of nitrogens with zero attached hydrogens (tertiary/aromatic N) is 3. The lowest BCUT2D eigenvalue weighted by atomic mass is 9.62. The van der Waals surface area contributed by atoms with Crippen molar-refractivity contribution in [1.82, 2.24) is 30.7 Å². The number of aryl methyl sites for hydroxylation is 2. The summed E-state index contributed by atoms with van der Waals surface area (Å²) < 4.78 is 57.3. The molecule has 0 radical (unpaired) electrons. The third-order valence-electron chi connectivity index (χ3n) is 17.6. The van der Waals surface area contributed by atoms with Crippen molar-refractivity contribution in [3.05, 3.63) is 166 Å². The van der Waals surface area contributed by atoms with Crippen LogP contribution < -0.4 is 46.3 Å². The van der Waals surface area contributed by atoms with Crippen molar-refractivity contribution in [3.63, 3.8) is 0 Å². The van der Waals surface area contributed by atoms with Gasteiger partial charge in [0.15, 0.2) is 5.78 Å². The first-order chi connectivity index (χ1) is 44.4. The van der Waals surface area contributed by atoms with E-state index in [0.29, 0.717) is 71.3 Å². The summed E-state index contributed by atoms with van der Waals surface area (Å²) in [5.41, 5.74) is 9.65. The monoisotopic (exact) mass is 1270 g/mol. The average Bonchev–Trinajstić information content (AvgIpc) is 0.976. The van der Waals surface area contributed by atoms with Gasteiger partial charge in [-0.3, -0.25) is 28.8 Å². The Labute approximate surface area is 539 Å². The van der Waals surface area contributed by atoms with E-state index >= 15 is 0 Å². The number of ketones is 1. The van der Waals surface area contributed by atoms with Crippen LogP contribution in [0.1, 0.15) is 132 Å². The Morgan fingerprint density at radius 3 is 2.21 bits per heavy atom. The summed E-state index contributed by atoms with van der Waals surface area (Å²) in [5, 5.41) is 12.7. The summed E-state index contributed by atoms with van der Waals surface area (Å²) in [4.78, 5) is 85.8. The molecule has 1 saturated heterocycles. The molecule has 0 aromatic heterocycles. The van der Waals surface area contributed by atoms with Gasteiger partial charge in [0.25, 0.3) is 11.8 Å². The van der Waals surface area contributed by atoms with Gasteiger partial charge < -0.3 is 49.4 Å². The van der Waals surface area contributed by atoms with E-state index in [-0.39, 0.29) is 70.1 Å². The van der Waals surface area contributed by atoms with E-state index in [1.54, 1.807) is 19.2 Å². The summed E-state index contributed by atoms with van der Waals surface area (Å²) in [6.07, 6.45) is 5.44. The normalized spacial score (nSPS) is 14.0. The third kappa shape index (κ3) is 16.3. The quantitative estimate of drug-likeness (QED) is 0.00837. The number of fused-ring (bicyclic) bond motifs is 3. The SMILES string of the molecule is CCN(CC)c1ccc2c(-c3ccccc3C(=O)N3CCCC3C(=O)NC(CS(=O)(=O)[O-])C(=O)NCCCCCC(=O)NCCNC(=O)c3cc(CCCCc4ccc(C(=O)c5ccccc5)cc4)c(OC)c4c3COB4C)c3ccc(=[N+](CC)CC)cc-3oc2c1. The zero-order valence-electron chi connectivity index (χ0n) is 53.6. The highest BCUT2D eigenvalue weighted by molar-refractivity contribution is 7.85. The lowest BCUT2D eigenvalue weighted by molar-refractivity contribution is -0.130. The zero-order valence-corrected chi connectivity index (χ0v) is 54.4. The number of anilines is 1. The summed E-state index contributed by atoms with van der Waals surface area (Å²) >= 11 is 0. The molecule has 3 heterocycles. The highest BCUT2D eigenvalue weighted by Gasteiger charge is 2.38. The standard InChI is InChI=1S/C71H84BN7O12S/c1-7-77(8-2)51-34-36-55-61(43-51)91-62-44-52(78(9-3)10-4)35-37-56(62)64(55)53-26-18-19-27-54(53)71(85)79-41-21-28-60(79)70(84)76-59(46-92(86,87)88)69(83)74-38-20-12-15-29-63(80)73-39-40-75-68(82)57-42-50(67(89-6)65-58(57)45-90-72(65)5)25-17-16-22-47-30-32-49(33-31-47)66(81)48-23-13-11-14-24-48/h11,13-14,18-19,23-24,26-27,30-37,42-44,59-60H,7-10,12,15-17,20-22,25,28-29,38-41,45-46H2,1-6H3,(H4-,73,74,75,76,80,82,83,84,86,87,88). The van der Waals surface area contributed by atoms with Crippen molar-refractivity contribution in [3.8, 4) is 28.2 Å². The molecule has 92 heavy (non-hydrogen) atoms. The summed E-state index contributed by atoms with van der Waals surface area (Å²) in [7, 11) is -3.39. The maximum atomic E-state index is 14.9. The summed E-state index contributed by atoms with van der Waals surface area (Å²) in [6, 6.07) is 35.4. The number of likely N-dealkylation sites (tertiary alicyclic amines) is 1. The molecule has 484 valence electrons. The topological polar surface area (TPSA) is 249 Å². The molecule has 1 aliphatic carbocycles. The predicted octanol–water partition coefficient (Wildman–Crippen LogP) is 7.88. The number of unbranched alkanes of at least 4 members (excludes halogenated alkanes) is 3. The Balaban J connectivity index is 0.749. The van der Waals surface area contributed by atoms with E-state index < -0.39 is 45.7 Å². The Hall–Kier alpha value is -8.66. The Morgan fingerprint density at radius 1 is 0.761 bits per heavy atom. The summed E-state index contributed by atoms with van der Waals surface area (Å²) in [6.45, 7) is 14.2. The number of carbonyl (C=O) groups excluding carboxylic acids is 6. The van der Waals surface area contributed by atoms with Gasteiger partial charge in [0.2, 0.25) is 23.1 Å². The fraction of sp³-hybridized carbons (Fsp3) is 0.394. The fourth-order valence-electron chi connectivity index (χ4n) is 12.7. The highest BCUT2D eigenvalue weighted by atomic mass is 32.2. The molecule has 4 aliphatic rings. The van der Waals surface area contributed by atoms with Crippen LogP contribution in [-0.4, -0.2) is 137 Å². The number of hydrogen-bond acceptors (Lipinski definition) is 13. The minimum absolute atomic E-state index is 0.0139. The van der Waals surface area contributed by atoms with Crippen molar-refractivity contribution >= 4 is 74.5 Å². The molecule has 0 spiro atoms. The van der Waals surface area contributed by atoms with E-state index in [9.17, 15) is 41.7 Å². The molecular formula is C71H84BN7O12S. The first-order valence-corrected chi connectivity index (χ1v) is 33.9. The van der Waals surface area contributed by atoms with Crippen molar-refractivity contribution in [1.29, 1.82) is 0 Å². The molecule has 9 rings (SSSR count). The van der Waals surface area contributed by atoms with Gasteiger partial charge in [0, 0.05) is 102 Å². The zero-order chi connectivity index (χ0) is 65.5.